The van der Waals surface area contributed by atoms with E-state index in [1.807, 2.05) is 26.8 Å². The molecule has 1 aromatic carbocycles. The molecule has 0 heterocycles. The molecule has 0 aromatic heterocycles. The highest BCUT2D eigenvalue weighted by Gasteiger charge is 2.23. The molecule has 112 valence electrons. The van der Waals surface area contributed by atoms with Gasteiger partial charge in [-0.15, -0.1) is 0 Å². The normalized spacial score (nSPS) is 13.9. The molecule has 0 bridgehead atoms. The van der Waals surface area contributed by atoms with Gasteiger partial charge in [0.2, 0.25) is 0 Å². The van der Waals surface area contributed by atoms with Gasteiger partial charge in [0, 0.05) is 6.54 Å². The summed E-state index contributed by atoms with van der Waals surface area (Å²) in [5, 5.41) is 13.0. The minimum atomic E-state index is -0.898. The molecule has 1 rings (SSSR count). The van der Waals surface area contributed by atoms with Crippen molar-refractivity contribution in [3.05, 3.63) is 29.8 Å². The molecule has 0 aliphatic rings. The maximum Gasteiger partial charge on any atom is 0.255 e. The molecule has 2 N–H and O–H groups in total. The zero-order valence-corrected chi connectivity index (χ0v) is 12.8. The minimum Gasteiger partial charge on any atom is -0.493 e. The fraction of sp³-hybridized carbons (Fsp3) is 0.562. The van der Waals surface area contributed by atoms with Crippen molar-refractivity contribution in [1.29, 1.82) is 0 Å². The zero-order chi connectivity index (χ0) is 15.2. The maximum atomic E-state index is 12.2. The molecular formula is C16H25NO3. The van der Waals surface area contributed by atoms with Crippen molar-refractivity contribution in [2.24, 2.45) is 5.92 Å². The van der Waals surface area contributed by atoms with E-state index in [0.717, 1.165) is 0 Å². The molecule has 0 saturated heterocycles. The van der Waals surface area contributed by atoms with Crippen molar-refractivity contribution in [3.8, 4) is 5.75 Å². The molecule has 0 aliphatic heterocycles. The Kier molecular flexibility index (Phi) is 6.02. The summed E-state index contributed by atoms with van der Waals surface area (Å²) in [4.78, 5) is 12.2. The summed E-state index contributed by atoms with van der Waals surface area (Å²) in [5.74, 6) is 0.715. The number of para-hydroxylation sites is 1. The van der Waals surface area contributed by atoms with Crippen LogP contribution in [0.15, 0.2) is 24.3 Å². The topological polar surface area (TPSA) is 58.6 Å². The number of hydrogen-bond acceptors (Lipinski definition) is 3. The van der Waals surface area contributed by atoms with Crippen LogP contribution in [0.3, 0.4) is 0 Å². The first kappa shape index (κ1) is 16.5. The number of benzene rings is 1. The number of amides is 1. The summed E-state index contributed by atoms with van der Waals surface area (Å²) in [6.45, 7) is 8.44. The van der Waals surface area contributed by atoms with Gasteiger partial charge in [0.05, 0.1) is 17.8 Å². The van der Waals surface area contributed by atoms with E-state index in [1.165, 1.54) is 0 Å². The van der Waals surface area contributed by atoms with Crippen LogP contribution >= 0.6 is 0 Å². The molecule has 0 spiro atoms. The Bertz CT molecular complexity index is 441. The molecular weight excluding hydrogens is 254 g/mol. The first-order valence-electron chi connectivity index (χ1n) is 7.08. The largest absolute Gasteiger partial charge is 0.493 e. The Labute approximate surface area is 121 Å². The lowest BCUT2D eigenvalue weighted by Crippen LogP contribution is -2.41. The quantitative estimate of drug-likeness (QED) is 0.806. The molecule has 0 fully saturated rings. The Morgan fingerprint density at radius 1 is 1.40 bits per heavy atom. The molecule has 1 unspecified atom stereocenters. The van der Waals surface area contributed by atoms with E-state index < -0.39 is 5.60 Å². The van der Waals surface area contributed by atoms with Gasteiger partial charge in [-0.25, -0.2) is 0 Å². The molecule has 1 atom stereocenters. The molecule has 0 aliphatic carbocycles. The fourth-order valence-corrected chi connectivity index (χ4v) is 2.25. The Morgan fingerprint density at radius 3 is 2.65 bits per heavy atom. The van der Waals surface area contributed by atoms with E-state index in [-0.39, 0.29) is 12.5 Å². The van der Waals surface area contributed by atoms with Gasteiger partial charge in [0.1, 0.15) is 5.75 Å². The number of aliphatic hydroxyl groups is 1. The third-order valence-electron chi connectivity index (χ3n) is 2.91. The van der Waals surface area contributed by atoms with E-state index >= 15 is 0 Å². The smallest absolute Gasteiger partial charge is 0.255 e. The maximum absolute atomic E-state index is 12.2. The van der Waals surface area contributed by atoms with Crippen molar-refractivity contribution in [1.82, 2.24) is 5.32 Å². The SMILES string of the molecule is CCOc1ccccc1C(=O)NCC(C)(O)CC(C)C. The monoisotopic (exact) mass is 279 g/mol. The summed E-state index contributed by atoms with van der Waals surface area (Å²) in [5.41, 5.74) is -0.403. The van der Waals surface area contributed by atoms with Gasteiger partial charge in [0.15, 0.2) is 0 Å². The molecule has 4 nitrogen and oxygen atoms in total. The average molecular weight is 279 g/mol. The second kappa shape index (κ2) is 7.29. The van der Waals surface area contributed by atoms with E-state index in [0.29, 0.717) is 30.3 Å². The predicted octanol–water partition coefficient (Wildman–Crippen LogP) is 2.61. The lowest BCUT2D eigenvalue weighted by atomic mass is 9.94. The lowest BCUT2D eigenvalue weighted by Gasteiger charge is -2.25. The third kappa shape index (κ3) is 5.21. The summed E-state index contributed by atoms with van der Waals surface area (Å²) >= 11 is 0. The minimum absolute atomic E-state index is 0.224. The number of nitrogens with one attached hydrogen (secondary N) is 1. The van der Waals surface area contributed by atoms with E-state index in [2.05, 4.69) is 5.32 Å². The van der Waals surface area contributed by atoms with Crippen LogP contribution in [0.2, 0.25) is 0 Å². The summed E-state index contributed by atoms with van der Waals surface area (Å²) in [6, 6.07) is 7.11. The van der Waals surface area contributed by atoms with E-state index in [9.17, 15) is 9.90 Å². The van der Waals surface area contributed by atoms with Crippen molar-refractivity contribution < 1.29 is 14.6 Å². The van der Waals surface area contributed by atoms with Crippen LogP contribution in [-0.2, 0) is 0 Å². The highest BCUT2D eigenvalue weighted by atomic mass is 16.5. The van der Waals surface area contributed by atoms with Gasteiger partial charge in [-0.1, -0.05) is 26.0 Å². The lowest BCUT2D eigenvalue weighted by molar-refractivity contribution is 0.0368. The van der Waals surface area contributed by atoms with Crippen LogP contribution in [0.1, 0.15) is 44.5 Å². The average Bonchev–Trinajstić information content (AvgIpc) is 2.36. The first-order chi connectivity index (χ1) is 9.35. The van der Waals surface area contributed by atoms with Crippen molar-refractivity contribution in [2.75, 3.05) is 13.2 Å². The first-order valence-corrected chi connectivity index (χ1v) is 7.08. The number of carbonyl (C=O) groups excluding carboxylic acids is 1. The predicted molar refractivity (Wildman–Crippen MR) is 80.0 cm³/mol. The second-order valence-corrected chi connectivity index (χ2v) is 5.71. The third-order valence-corrected chi connectivity index (χ3v) is 2.91. The van der Waals surface area contributed by atoms with E-state index in [1.54, 1.807) is 25.1 Å². The molecule has 1 amide bonds. The van der Waals surface area contributed by atoms with Crippen molar-refractivity contribution in [2.45, 2.75) is 39.7 Å². The number of rotatable bonds is 7. The summed E-state index contributed by atoms with van der Waals surface area (Å²) < 4.78 is 5.43. The van der Waals surface area contributed by atoms with Crippen LogP contribution in [0, 0.1) is 5.92 Å². The van der Waals surface area contributed by atoms with Crippen LogP contribution in [0.25, 0.3) is 0 Å². The summed E-state index contributed by atoms with van der Waals surface area (Å²) in [6.07, 6.45) is 0.639. The van der Waals surface area contributed by atoms with Gasteiger partial charge in [-0.05, 0) is 38.3 Å². The van der Waals surface area contributed by atoms with Crippen molar-refractivity contribution in [3.63, 3.8) is 0 Å². The highest BCUT2D eigenvalue weighted by Crippen LogP contribution is 2.19. The van der Waals surface area contributed by atoms with Crippen LogP contribution < -0.4 is 10.1 Å². The van der Waals surface area contributed by atoms with Crippen LogP contribution in [-0.4, -0.2) is 29.8 Å². The van der Waals surface area contributed by atoms with Gasteiger partial charge >= 0.3 is 0 Å². The van der Waals surface area contributed by atoms with Gasteiger partial charge in [-0.2, -0.15) is 0 Å². The Balaban J connectivity index is 2.68. The Morgan fingerprint density at radius 2 is 2.05 bits per heavy atom. The van der Waals surface area contributed by atoms with Crippen molar-refractivity contribution >= 4 is 5.91 Å². The molecule has 0 saturated carbocycles. The van der Waals surface area contributed by atoms with Gasteiger partial charge in [-0.3, -0.25) is 4.79 Å². The molecule has 0 radical (unpaired) electrons. The number of ether oxygens (including phenoxy) is 1. The van der Waals surface area contributed by atoms with E-state index in [4.69, 9.17) is 4.74 Å². The molecule has 4 heteroatoms. The van der Waals surface area contributed by atoms with Gasteiger partial charge < -0.3 is 15.2 Å². The fourth-order valence-electron chi connectivity index (χ4n) is 2.25. The van der Waals surface area contributed by atoms with Crippen LogP contribution in [0.5, 0.6) is 5.75 Å². The molecule has 1 aromatic rings. The number of hydrogen-bond donors (Lipinski definition) is 2. The number of carbonyl (C=O) groups is 1. The zero-order valence-electron chi connectivity index (χ0n) is 12.8. The van der Waals surface area contributed by atoms with Gasteiger partial charge in [0.25, 0.3) is 5.91 Å². The standard InChI is InChI=1S/C16H25NO3/c1-5-20-14-9-7-6-8-13(14)15(18)17-11-16(4,19)10-12(2)3/h6-9,12,19H,5,10-11H2,1-4H3,(H,17,18). The summed E-state index contributed by atoms with van der Waals surface area (Å²) in [7, 11) is 0. The molecule has 20 heavy (non-hydrogen) atoms. The van der Waals surface area contributed by atoms with Crippen LogP contribution in [0.4, 0.5) is 0 Å². The second-order valence-electron chi connectivity index (χ2n) is 5.71. The highest BCUT2D eigenvalue weighted by molar-refractivity contribution is 5.96. The Hall–Kier alpha value is -1.55.